The van der Waals surface area contributed by atoms with Crippen molar-refractivity contribution in [2.24, 2.45) is 5.11 Å². The first-order chi connectivity index (χ1) is 11.2. The van der Waals surface area contributed by atoms with Crippen LogP contribution in [0.3, 0.4) is 0 Å². The molecule has 1 aromatic rings. The zero-order valence-electron chi connectivity index (χ0n) is 13.5. The summed E-state index contributed by atoms with van der Waals surface area (Å²) in [6.07, 6.45) is 2.86. The van der Waals surface area contributed by atoms with Crippen LogP contribution >= 0.6 is 0 Å². The Hall–Kier alpha value is -1.59. The number of benzene rings is 1. The Morgan fingerprint density at radius 3 is 2.78 bits per heavy atom. The molecule has 1 aromatic carbocycles. The fourth-order valence-electron chi connectivity index (χ4n) is 2.79. The second kappa shape index (κ2) is 9.53. The molecule has 1 saturated heterocycles. The van der Waals surface area contributed by atoms with E-state index in [0.717, 1.165) is 24.8 Å². The van der Waals surface area contributed by atoms with Crippen LogP contribution in [0, 0.1) is 0 Å². The van der Waals surface area contributed by atoms with Crippen LogP contribution in [0.25, 0.3) is 10.4 Å². The number of hydrogen-bond donors (Lipinski definition) is 1. The lowest BCUT2D eigenvalue weighted by Gasteiger charge is -2.37. The smallest absolute Gasteiger partial charge is 0.184 e. The van der Waals surface area contributed by atoms with Crippen molar-refractivity contribution in [2.45, 2.75) is 63.6 Å². The Kier molecular flexibility index (Phi) is 7.36. The van der Waals surface area contributed by atoms with Gasteiger partial charge in [-0.3, -0.25) is 0 Å². The van der Waals surface area contributed by atoms with E-state index in [2.05, 4.69) is 16.9 Å². The fraction of sp³-hybridized carbons (Fsp3) is 0.647. The van der Waals surface area contributed by atoms with Crippen molar-refractivity contribution in [3.8, 4) is 0 Å². The quantitative estimate of drug-likeness (QED) is 0.338. The molecule has 1 N–H and O–H groups in total. The Bertz CT molecular complexity index is 505. The molecule has 1 aliphatic heterocycles. The van der Waals surface area contributed by atoms with Crippen LogP contribution in [0.15, 0.2) is 35.4 Å². The summed E-state index contributed by atoms with van der Waals surface area (Å²) in [4.78, 5) is 2.80. The number of nitrogens with zero attached hydrogens (tertiary/aromatic N) is 3. The Morgan fingerprint density at radius 2 is 2.09 bits per heavy atom. The average molecular weight is 319 g/mol. The number of aliphatic hydroxyl groups excluding tert-OH is 1. The van der Waals surface area contributed by atoms with Gasteiger partial charge in [-0.1, -0.05) is 61.6 Å². The minimum absolute atomic E-state index is 0.240. The number of aliphatic hydroxyl groups is 1. The first-order valence-electron chi connectivity index (χ1n) is 8.29. The summed E-state index contributed by atoms with van der Waals surface area (Å²) in [6, 6.07) is 9.64. The van der Waals surface area contributed by atoms with Gasteiger partial charge in [-0.25, -0.2) is 0 Å². The van der Waals surface area contributed by atoms with E-state index in [1.807, 2.05) is 30.3 Å². The number of rotatable bonds is 8. The third kappa shape index (κ3) is 5.52. The molecule has 0 aromatic heterocycles. The van der Waals surface area contributed by atoms with Gasteiger partial charge in [-0.2, -0.15) is 0 Å². The molecule has 0 aliphatic carbocycles. The summed E-state index contributed by atoms with van der Waals surface area (Å²) in [5.41, 5.74) is 9.43. The Morgan fingerprint density at radius 1 is 1.30 bits per heavy atom. The molecule has 23 heavy (non-hydrogen) atoms. The molecule has 0 bridgehead atoms. The van der Waals surface area contributed by atoms with Crippen LogP contribution in [-0.4, -0.2) is 30.0 Å². The van der Waals surface area contributed by atoms with Gasteiger partial charge < -0.3 is 14.6 Å². The lowest BCUT2D eigenvalue weighted by molar-refractivity contribution is -0.263. The lowest BCUT2D eigenvalue weighted by atomic mass is 9.99. The summed E-state index contributed by atoms with van der Waals surface area (Å²) in [6.45, 7) is 2.39. The van der Waals surface area contributed by atoms with Gasteiger partial charge in [0.15, 0.2) is 6.29 Å². The number of ether oxygens (including phenoxy) is 2. The van der Waals surface area contributed by atoms with E-state index < -0.39 is 12.4 Å². The molecule has 2 rings (SSSR count). The second-order valence-electron chi connectivity index (χ2n) is 5.89. The number of azide groups is 1. The summed E-state index contributed by atoms with van der Waals surface area (Å²) in [7, 11) is 0. The third-order valence-electron chi connectivity index (χ3n) is 4.06. The van der Waals surface area contributed by atoms with Crippen LogP contribution in [0.1, 0.15) is 50.9 Å². The Labute approximate surface area is 137 Å². The summed E-state index contributed by atoms with van der Waals surface area (Å²) >= 11 is 0. The maximum absolute atomic E-state index is 10.4. The van der Waals surface area contributed by atoms with Gasteiger partial charge in [-0.05, 0) is 12.0 Å². The summed E-state index contributed by atoms with van der Waals surface area (Å²) < 4.78 is 11.9. The SMILES string of the molecule is CCCCC[C@H](O)[C@H]1C[C@@H](CN=[N+]=[N-])OC(c2ccccc2)O1. The van der Waals surface area contributed by atoms with E-state index in [0.29, 0.717) is 12.8 Å². The lowest BCUT2D eigenvalue weighted by Crippen LogP contribution is -2.41. The van der Waals surface area contributed by atoms with Crippen LogP contribution in [0.2, 0.25) is 0 Å². The number of unbranched alkanes of at least 4 members (excludes halogenated alkanes) is 2. The fourth-order valence-corrected chi connectivity index (χ4v) is 2.79. The zero-order chi connectivity index (χ0) is 16.5. The zero-order valence-corrected chi connectivity index (χ0v) is 13.5. The van der Waals surface area contributed by atoms with Crippen molar-refractivity contribution in [3.63, 3.8) is 0 Å². The molecule has 0 spiro atoms. The first kappa shape index (κ1) is 17.8. The van der Waals surface area contributed by atoms with E-state index in [1.165, 1.54) is 0 Å². The Balaban J connectivity index is 2.03. The maximum atomic E-state index is 10.4. The standard InChI is InChI=1S/C17H25N3O3/c1-2-3-5-10-15(21)16-11-14(12-19-20-18)22-17(23-16)13-8-6-4-7-9-13/h4,6-9,14-17,21H,2-3,5,10-12H2,1H3/t14-,15-,16+,17?/m0/s1. The highest BCUT2D eigenvalue weighted by atomic mass is 16.7. The molecule has 1 unspecified atom stereocenters. The van der Waals surface area contributed by atoms with E-state index in [1.54, 1.807) is 0 Å². The highest BCUT2D eigenvalue weighted by Gasteiger charge is 2.34. The molecular formula is C17H25N3O3. The second-order valence-corrected chi connectivity index (χ2v) is 5.89. The summed E-state index contributed by atoms with van der Waals surface area (Å²) in [5.74, 6) is 0. The minimum Gasteiger partial charge on any atom is -0.390 e. The largest absolute Gasteiger partial charge is 0.390 e. The van der Waals surface area contributed by atoms with Crippen molar-refractivity contribution in [1.29, 1.82) is 0 Å². The van der Waals surface area contributed by atoms with E-state index in [-0.39, 0.29) is 18.8 Å². The first-order valence-corrected chi connectivity index (χ1v) is 8.29. The van der Waals surface area contributed by atoms with Crippen molar-refractivity contribution >= 4 is 0 Å². The van der Waals surface area contributed by atoms with E-state index >= 15 is 0 Å². The number of hydrogen-bond acceptors (Lipinski definition) is 4. The molecule has 4 atom stereocenters. The molecule has 1 fully saturated rings. The van der Waals surface area contributed by atoms with Crippen LogP contribution < -0.4 is 0 Å². The highest BCUT2D eigenvalue weighted by Crippen LogP contribution is 2.32. The van der Waals surface area contributed by atoms with Gasteiger partial charge in [0, 0.05) is 16.9 Å². The van der Waals surface area contributed by atoms with Crippen molar-refractivity contribution < 1.29 is 14.6 Å². The van der Waals surface area contributed by atoms with Crippen molar-refractivity contribution in [3.05, 3.63) is 46.3 Å². The molecule has 0 radical (unpaired) electrons. The maximum Gasteiger partial charge on any atom is 0.184 e. The van der Waals surface area contributed by atoms with E-state index in [9.17, 15) is 5.11 Å². The molecule has 1 heterocycles. The highest BCUT2D eigenvalue weighted by molar-refractivity contribution is 5.16. The third-order valence-corrected chi connectivity index (χ3v) is 4.06. The monoisotopic (exact) mass is 319 g/mol. The van der Waals surface area contributed by atoms with Gasteiger partial charge in [0.05, 0.1) is 24.9 Å². The predicted molar refractivity (Wildman–Crippen MR) is 87.7 cm³/mol. The van der Waals surface area contributed by atoms with Crippen LogP contribution in [-0.2, 0) is 9.47 Å². The average Bonchev–Trinajstić information content (AvgIpc) is 2.60. The van der Waals surface area contributed by atoms with Gasteiger partial charge in [0.2, 0.25) is 0 Å². The van der Waals surface area contributed by atoms with Gasteiger partial charge in [0.1, 0.15) is 0 Å². The van der Waals surface area contributed by atoms with E-state index in [4.69, 9.17) is 15.0 Å². The van der Waals surface area contributed by atoms with Crippen LogP contribution in [0.4, 0.5) is 0 Å². The van der Waals surface area contributed by atoms with Crippen molar-refractivity contribution in [2.75, 3.05) is 6.54 Å². The molecule has 126 valence electrons. The van der Waals surface area contributed by atoms with Crippen LogP contribution in [0.5, 0.6) is 0 Å². The molecule has 1 aliphatic rings. The predicted octanol–water partition coefficient (Wildman–Crippen LogP) is 4.11. The topological polar surface area (TPSA) is 87.5 Å². The molecular weight excluding hydrogens is 294 g/mol. The molecule has 0 amide bonds. The summed E-state index contributed by atoms with van der Waals surface area (Å²) in [5, 5.41) is 14.0. The molecule has 6 heteroatoms. The van der Waals surface area contributed by atoms with Gasteiger partial charge in [0.25, 0.3) is 0 Å². The van der Waals surface area contributed by atoms with Gasteiger partial charge >= 0.3 is 0 Å². The molecule has 6 nitrogen and oxygen atoms in total. The van der Waals surface area contributed by atoms with Crippen molar-refractivity contribution in [1.82, 2.24) is 0 Å². The molecule has 0 saturated carbocycles. The minimum atomic E-state index is -0.533. The normalized spacial score (nSPS) is 25.6. The van der Waals surface area contributed by atoms with Gasteiger partial charge in [-0.15, -0.1) is 0 Å².